The minimum Gasteiger partial charge on any atom is -0.345 e. The largest absolute Gasteiger partial charge is 0.345 e. The van der Waals surface area contributed by atoms with Gasteiger partial charge in [-0.25, -0.2) is 0 Å². The van der Waals surface area contributed by atoms with Crippen LogP contribution in [0.1, 0.15) is 40.0 Å². The smallest absolute Gasteiger partial charge is 0.252 e. The van der Waals surface area contributed by atoms with E-state index >= 15 is 0 Å². The SMILES string of the molecule is Cc1ccc([C@@H](C)NC(=O)c2ccccc2Br)c(C)c1. The predicted molar refractivity (Wildman–Crippen MR) is 85.9 cm³/mol. The van der Waals surface area contributed by atoms with Crippen LogP contribution in [0.3, 0.4) is 0 Å². The van der Waals surface area contributed by atoms with Gasteiger partial charge < -0.3 is 5.32 Å². The van der Waals surface area contributed by atoms with Gasteiger partial charge in [-0.2, -0.15) is 0 Å². The Bertz CT molecular complexity index is 637. The number of rotatable bonds is 3. The van der Waals surface area contributed by atoms with Crippen molar-refractivity contribution in [1.82, 2.24) is 5.32 Å². The molecule has 0 aliphatic heterocycles. The first-order valence-electron chi connectivity index (χ1n) is 6.61. The molecule has 0 bridgehead atoms. The van der Waals surface area contributed by atoms with Gasteiger partial charge in [-0.05, 0) is 60.0 Å². The molecule has 3 heteroatoms. The number of benzene rings is 2. The van der Waals surface area contributed by atoms with Gasteiger partial charge in [-0.3, -0.25) is 4.79 Å². The number of nitrogens with one attached hydrogen (secondary N) is 1. The van der Waals surface area contributed by atoms with Crippen LogP contribution in [0.25, 0.3) is 0 Å². The zero-order valence-electron chi connectivity index (χ0n) is 11.9. The zero-order chi connectivity index (χ0) is 14.7. The van der Waals surface area contributed by atoms with E-state index in [0.717, 1.165) is 10.0 Å². The average molecular weight is 332 g/mol. The van der Waals surface area contributed by atoms with E-state index in [4.69, 9.17) is 0 Å². The van der Waals surface area contributed by atoms with Crippen LogP contribution in [0.2, 0.25) is 0 Å². The third-order valence-electron chi connectivity index (χ3n) is 3.36. The van der Waals surface area contributed by atoms with Gasteiger partial charge in [-0.1, -0.05) is 35.9 Å². The molecule has 0 saturated heterocycles. The van der Waals surface area contributed by atoms with Crippen molar-refractivity contribution in [2.75, 3.05) is 0 Å². The fourth-order valence-corrected chi connectivity index (χ4v) is 2.77. The van der Waals surface area contributed by atoms with E-state index in [9.17, 15) is 4.79 Å². The monoisotopic (exact) mass is 331 g/mol. The van der Waals surface area contributed by atoms with E-state index in [2.05, 4.69) is 53.3 Å². The molecular formula is C17H18BrNO. The van der Waals surface area contributed by atoms with E-state index in [0.29, 0.717) is 5.56 Å². The molecule has 2 aromatic carbocycles. The number of carbonyl (C=O) groups excluding carboxylic acids is 1. The Morgan fingerprint density at radius 2 is 1.85 bits per heavy atom. The minimum atomic E-state index is -0.0649. The van der Waals surface area contributed by atoms with Crippen LogP contribution in [0.4, 0.5) is 0 Å². The fourth-order valence-electron chi connectivity index (χ4n) is 2.31. The lowest BCUT2D eigenvalue weighted by atomic mass is 10.00. The second-order valence-corrected chi connectivity index (χ2v) is 5.89. The topological polar surface area (TPSA) is 29.1 Å². The molecule has 0 spiro atoms. The van der Waals surface area contributed by atoms with Gasteiger partial charge in [0.05, 0.1) is 11.6 Å². The van der Waals surface area contributed by atoms with Gasteiger partial charge in [-0.15, -0.1) is 0 Å². The Morgan fingerprint density at radius 1 is 1.15 bits per heavy atom. The summed E-state index contributed by atoms with van der Waals surface area (Å²) in [6.07, 6.45) is 0. The highest BCUT2D eigenvalue weighted by Gasteiger charge is 2.14. The van der Waals surface area contributed by atoms with Gasteiger partial charge in [0.2, 0.25) is 0 Å². The van der Waals surface area contributed by atoms with Crippen molar-refractivity contribution < 1.29 is 4.79 Å². The maximum Gasteiger partial charge on any atom is 0.252 e. The fraction of sp³-hybridized carbons (Fsp3) is 0.235. The van der Waals surface area contributed by atoms with Gasteiger partial charge in [0.1, 0.15) is 0 Å². The van der Waals surface area contributed by atoms with Crippen LogP contribution < -0.4 is 5.32 Å². The number of carbonyl (C=O) groups is 1. The quantitative estimate of drug-likeness (QED) is 0.877. The Kier molecular flexibility index (Phi) is 4.61. The lowest BCUT2D eigenvalue weighted by Gasteiger charge is -2.17. The second kappa shape index (κ2) is 6.23. The van der Waals surface area contributed by atoms with Gasteiger partial charge in [0, 0.05) is 4.47 Å². The molecule has 1 atom stereocenters. The zero-order valence-corrected chi connectivity index (χ0v) is 13.5. The van der Waals surface area contributed by atoms with Crippen LogP contribution in [-0.4, -0.2) is 5.91 Å². The van der Waals surface area contributed by atoms with Crippen LogP contribution in [0, 0.1) is 13.8 Å². The van der Waals surface area contributed by atoms with Crippen molar-refractivity contribution in [2.24, 2.45) is 0 Å². The molecule has 0 unspecified atom stereocenters. The van der Waals surface area contributed by atoms with E-state index in [-0.39, 0.29) is 11.9 Å². The molecule has 0 fully saturated rings. The number of hydrogen-bond donors (Lipinski definition) is 1. The van der Waals surface area contributed by atoms with Gasteiger partial charge in [0.25, 0.3) is 5.91 Å². The molecule has 2 nitrogen and oxygen atoms in total. The van der Waals surface area contributed by atoms with E-state index in [1.54, 1.807) is 0 Å². The van der Waals surface area contributed by atoms with E-state index < -0.39 is 0 Å². The predicted octanol–water partition coefficient (Wildman–Crippen LogP) is 4.56. The molecule has 0 aromatic heterocycles. The van der Waals surface area contributed by atoms with E-state index in [1.165, 1.54) is 11.1 Å². The summed E-state index contributed by atoms with van der Waals surface area (Å²) in [6.45, 7) is 6.15. The lowest BCUT2D eigenvalue weighted by molar-refractivity contribution is 0.0939. The summed E-state index contributed by atoms with van der Waals surface area (Å²) in [5.74, 6) is -0.0649. The summed E-state index contributed by atoms with van der Waals surface area (Å²) < 4.78 is 0.810. The standard InChI is InChI=1S/C17H18BrNO/c1-11-8-9-14(12(2)10-11)13(3)19-17(20)15-6-4-5-7-16(15)18/h4-10,13H,1-3H3,(H,19,20)/t13-/m1/s1. The summed E-state index contributed by atoms with van der Waals surface area (Å²) >= 11 is 3.41. The summed E-state index contributed by atoms with van der Waals surface area (Å²) in [4.78, 5) is 12.3. The van der Waals surface area contributed by atoms with E-state index in [1.807, 2.05) is 31.2 Å². The number of amides is 1. The maximum absolute atomic E-state index is 12.3. The molecule has 0 heterocycles. The molecular weight excluding hydrogens is 314 g/mol. The van der Waals surface area contributed by atoms with Gasteiger partial charge in [0.15, 0.2) is 0 Å². The molecule has 0 radical (unpaired) electrons. The van der Waals surface area contributed by atoms with Crippen molar-refractivity contribution in [3.05, 3.63) is 69.2 Å². The number of hydrogen-bond acceptors (Lipinski definition) is 1. The summed E-state index contributed by atoms with van der Waals surface area (Å²) in [7, 11) is 0. The van der Waals surface area contributed by atoms with Crippen LogP contribution in [0.5, 0.6) is 0 Å². The number of halogens is 1. The first-order chi connectivity index (χ1) is 9.49. The van der Waals surface area contributed by atoms with Crippen LogP contribution in [-0.2, 0) is 0 Å². The normalized spacial score (nSPS) is 12.0. The van der Waals surface area contributed by atoms with Crippen molar-refractivity contribution >= 4 is 21.8 Å². The first-order valence-corrected chi connectivity index (χ1v) is 7.41. The van der Waals surface area contributed by atoms with Crippen molar-refractivity contribution in [3.8, 4) is 0 Å². The van der Waals surface area contributed by atoms with Crippen molar-refractivity contribution in [2.45, 2.75) is 26.8 Å². The lowest BCUT2D eigenvalue weighted by Crippen LogP contribution is -2.27. The molecule has 20 heavy (non-hydrogen) atoms. The van der Waals surface area contributed by atoms with Crippen LogP contribution >= 0.6 is 15.9 Å². The molecule has 1 amide bonds. The molecule has 1 N–H and O–H groups in total. The Labute approximate surface area is 128 Å². The Hall–Kier alpha value is -1.61. The highest BCUT2D eigenvalue weighted by atomic mass is 79.9. The summed E-state index contributed by atoms with van der Waals surface area (Å²) in [5, 5.41) is 3.04. The molecule has 0 aliphatic rings. The number of aryl methyl sites for hydroxylation is 2. The Balaban J connectivity index is 2.17. The third kappa shape index (κ3) is 3.28. The highest BCUT2D eigenvalue weighted by Crippen LogP contribution is 2.21. The average Bonchev–Trinajstić information content (AvgIpc) is 2.38. The molecule has 2 rings (SSSR count). The summed E-state index contributed by atoms with van der Waals surface area (Å²) in [6, 6.07) is 13.7. The van der Waals surface area contributed by atoms with Crippen molar-refractivity contribution in [1.29, 1.82) is 0 Å². The van der Waals surface area contributed by atoms with Crippen LogP contribution in [0.15, 0.2) is 46.9 Å². The first kappa shape index (κ1) is 14.8. The maximum atomic E-state index is 12.3. The second-order valence-electron chi connectivity index (χ2n) is 5.04. The minimum absolute atomic E-state index is 0.0183. The third-order valence-corrected chi connectivity index (χ3v) is 4.05. The molecule has 0 aliphatic carbocycles. The Morgan fingerprint density at radius 3 is 2.50 bits per heavy atom. The summed E-state index contributed by atoms with van der Waals surface area (Å²) in [5.41, 5.74) is 4.24. The van der Waals surface area contributed by atoms with Crippen molar-refractivity contribution in [3.63, 3.8) is 0 Å². The highest BCUT2D eigenvalue weighted by molar-refractivity contribution is 9.10. The molecule has 104 valence electrons. The van der Waals surface area contributed by atoms with Gasteiger partial charge >= 0.3 is 0 Å². The molecule has 2 aromatic rings. The molecule has 0 saturated carbocycles.